The van der Waals surface area contributed by atoms with E-state index in [4.69, 9.17) is 0 Å². The predicted molar refractivity (Wildman–Crippen MR) is 87.2 cm³/mol. The van der Waals surface area contributed by atoms with Gasteiger partial charge in [0.25, 0.3) is 0 Å². The summed E-state index contributed by atoms with van der Waals surface area (Å²) in [7, 11) is 0. The zero-order chi connectivity index (χ0) is 17.2. The van der Waals surface area contributed by atoms with Crippen LogP contribution in [0.25, 0.3) is 0 Å². The third-order valence-corrected chi connectivity index (χ3v) is 4.27. The molecule has 0 heterocycles. The number of carboxylic acid groups (broad SMARTS) is 1. The topological polar surface area (TPSA) is 80.6 Å². The van der Waals surface area contributed by atoms with E-state index in [2.05, 4.69) is 0 Å². The Morgan fingerprint density at radius 1 is 1.09 bits per heavy atom. The van der Waals surface area contributed by atoms with Crippen molar-refractivity contribution in [3.63, 3.8) is 0 Å². The van der Waals surface area contributed by atoms with E-state index >= 15 is 0 Å². The smallest absolute Gasteiger partial charge is 0.0622 e. The van der Waals surface area contributed by atoms with Crippen LogP contribution in [0.3, 0.4) is 0 Å². The first kappa shape index (κ1) is 21.1. The molecular formula is C18H33O4-. The number of carbonyl (C=O) groups is 1. The molecule has 0 aromatic rings. The van der Waals surface area contributed by atoms with Crippen LogP contribution >= 0.6 is 0 Å². The number of allylic oxidation sites excluding steroid dienone is 2. The summed E-state index contributed by atoms with van der Waals surface area (Å²) < 4.78 is 0. The van der Waals surface area contributed by atoms with Crippen LogP contribution in [0.2, 0.25) is 0 Å². The van der Waals surface area contributed by atoms with Crippen LogP contribution in [-0.4, -0.2) is 27.4 Å². The van der Waals surface area contributed by atoms with E-state index in [0.717, 1.165) is 19.3 Å². The van der Waals surface area contributed by atoms with Gasteiger partial charge in [0.2, 0.25) is 0 Å². The fraction of sp³-hybridized carbons (Fsp3) is 0.833. The molecule has 0 rings (SSSR count). The molecule has 0 bridgehead atoms. The molecule has 0 radical (unpaired) electrons. The maximum Gasteiger partial charge on any atom is 0.0622 e. The first-order chi connectivity index (χ1) is 10.1. The van der Waals surface area contributed by atoms with Gasteiger partial charge in [-0.05, 0) is 78.1 Å². The lowest BCUT2D eigenvalue weighted by molar-refractivity contribution is -0.311. The van der Waals surface area contributed by atoms with Gasteiger partial charge in [0.05, 0.1) is 11.2 Å². The van der Waals surface area contributed by atoms with Crippen molar-refractivity contribution in [3.8, 4) is 0 Å². The normalized spacial score (nSPS) is 18.8. The molecule has 0 spiro atoms. The maximum absolute atomic E-state index is 10.6. The second-order valence-electron chi connectivity index (χ2n) is 7.07. The van der Waals surface area contributed by atoms with Crippen molar-refractivity contribution < 1.29 is 20.1 Å². The van der Waals surface area contributed by atoms with Crippen LogP contribution in [0.1, 0.15) is 79.1 Å². The van der Waals surface area contributed by atoms with Crippen LogP contribution in [0.5, 0.6) is 0 Å². The summed E-state index contributed by atoms with van der Waals surface area (Å²) in [6.45, 7) is 7.22. The third kappa shape index (κ3) is 10.8. The van der Waals surface area contributed by atoms with Gasteiger partial charge in [-0.15, -0.1) is 0 Å². The van der Waals surface area contributed by atoms with Gasteiger partial charge < -0.3 is 20.1 Å². The molecule has 0 saturated heterocycles. The molecule has 0 aromatic carbocycles. The van der Waals surface area contributed by atoms with E-state index in [1.165, 1.54) is 0 Å². The van der Waals surface area contributed by atoms with Gasteiger partial charge in [-0.2, -0.15) is 0 Å². The molecule has 0 aromatic heterocycles. The lowest BCUT2D eigenvalue weighted by Gasteiger charge is -2.27. The minimum absolute atomic E-state index is 0.469. The van der Waals surface area contributed by atoms with Crippen LogP contribution < -0.4 is 5.11 Å². The lowest BCUT2D eigenvalue weighted by atomic mass is 9.87. The minimum atomic E-state index is -1.03. The summed E-state index contributed by atoms with van der Waals surface area (Å²) in [6, 6.07) is 0. The highest BCUT2D eigenvalue weighted by atomic mass is 16.4. The highest BCUT2D eigenvalue weighted by Gasteiger charge is 2.24. The van der Waals surface area contributed by atoms with E-state index in [9.17, 15) is 20.1 Å². The molecular weight excluding hydrogens is 280 g/mol. The summed E-state index contributed by atoms with van der Waals surface area (Å²) in [5, 5.41) is 31.2. The number of hydrogen-bond acceptors (Lipinski definition) is 4. The Morgan fingerprint density at radius 2 is 1.59 bits per heavy atom. The van der Waals surface area contributed by atoms with Crippen molar-refractivity contribution in [2.45, 2.75) is 90.3 Å². The van der Waals surface area contributed by atoms with Crippen molar-refractivity contribution in [1.29, 1.82) is 0 Å². The Morgan fingerprint density at radius 3 is 2.09 bits per heavy atom. The molecule has 0 aliphatic rings. The molecule has 2 N–H and O–H groups in total. The zero-order valence-corrected chi connectivity index (χ0v) is 14.6. The SMILES string of the molecule is C/C=C\CCC(C)(O)CCCC(C)(O)CCCC(C)C(=O)[O-]. The Hall–Kier alpha value is -0.870. The molecule has 0 aliphatic heterocycles. The number of hydrogen-bond donors (Lipinski definition) is 2. The molecule has 0 saturated carbocycles. The van der Waals surface area contributed by atoms with Crippen molar-refractivity contribution in [2.24, 2.45) is 5.92 Å². The molecule has 3 unspecified atom stereocenters. The van der Waals surface area contributed by atoms with Gasteiger partial charge in [0.15, 0.2) is 0 Å². The zero-order valence-electron chi connectivity index (χ0n) is 14.6. The summed E-state index contributed by atoms with van der Waals surface area (Å²) >= 11 is 0. The Kier molecular flexibility index (Phi) is 9.61. The molecule has 4 heteroatoms. The number of carbonyl (C=O) groups excluding carboxylic acids is 1. The molecule has 4 nitrogen and oxygen atoms in total. The number of aliphatic hydroxyl groups is 2. The van der Waals surface area contributed by atoms with Crippen LogP contribution in [-0.2, 0) is 4.79 Å². The quantitative estimate of drug-likeness (QED) is 0.543. The molecule has 3 atom stereocenters. The minimum Gasteiger partial charge on any atom is -0.550 e. The van der Waals surface area contributed by atoms with Gasteiger partial charge in [-0.3, -0.25) is 0 Å². The highest BCUT2D eigenvalue weighted by molar-refractivity contribution is 5.66. The largest absolute Gasteiger partial charge is 0.550 e. The predicted octanol–water partition coefficient (Wildman–Crippen LogP) is 2.57. The second-order valence-corrected chi connectivity index (χ2v) is 7.07. The Labute approximate surface area is 135 Å². The summed E-state index contributed by atoms with van der Waals surface area (Å²) in [6.07, 6.45) is 9.42. The van der Waals surface area contributed by atoms with E-state index in [-0.39, 0.29) is 0 Å². The van der Waals surface area contributed by atoms with Gasteiger partial charge in [0, 0.05) is 5.97 Å². The van der Waals surface area contributed by atoms with Crippen LogP contribution in [0.4, 0.5) is 0 Å². The number of aliphatic carboxylic acids is 1. The lowest BCUT2D eigenvalue weighted by Crippen LogP contribution is -2.30. The number of rotatable bonds is 12. The van der Waals surface area contributed by atoms with Gasteiger partial charge in [-0.25, -0.2) is 0 Å². The van der Waals surface area contributed by atoms with Crippen molar-refractivity contribution >= 4 is 5.97 Å². The van der Waals surface area contributed by atoms with Crippen molar-refractivity contribution in [1.82, 2.24) is 0 Å². The van der Waals surface area contributed by atoms with E-state index in [1.807, 2.05) is 26.0 Å². The summed E-state index contributed by atoms with van der Waals surface area (Å²) in [5.41, 5.74) is -1.50. The number of carboxylic acids is 1. The van der Waals surface area contributed by atoms with E-state index < -0.39 is 23.1 Å². The summed E-state index contributed by atoms with van der Waals surface area (Å²) in [4.78, 5) is 10.6. The first-order valence-corrected chi connectivity index (χ1v) is 8.36. The Balaban J connectivity index is 3.98. The van der Waals surface area contributed by atoms with Crippen LogP contribution in [0.15, 0.2) is 12.2 Å². The van der Waals surface area contributed by atoms with Gasteiger partial charge in [-0.1, -0.05) is 19.1 Å². The maximum atomic E-state index is 10.6. The molecule has 0 amide bonds. The van der Waals surface area contributed by atoms with Gasteiger partial charge in [0.1, 0.15) is 0 Å². The average Bonchev–Trinajstić information content (AvgIpc) is 2.37. The fourth-order valence-electron chi connectivity index (χ4n) is 2.57. The second kappa shape index (κ2) is 10.0. The van der Waals surface area contributed by atoms with Gasteiger partial charge >= 0.3 is 0 Å². The van der Waals surface area contributed by atoms with E-state index in [1.54, 1.807) is 13.8 Å². The monoisotopic (exact) mass is 313 g/mol. The van der Waals surface area contributed by atoms with E-state index in [0.29, 0.717) is 32.1 Å². The fourth-order valence-corrected chi connectivity index (χ4v) is 2.57. The van der Waals surface area contributed by atoms with Crippen molar-refractivity contribution in [2.75, 3.05) is 0 Å². The molecule has 22 heavy (non-hydrogen) atoms. The Bertz CT molecular complexity index is 345. The van der Waals surface area contributed by atoms with Crippen molar-refractivity contribution in [3.05, 3.63) is 12.2 Å². The molecule has 0 fully saturated rings. The molecule has 0 aliphatic carbocycles. The standard InChI is InChI=1S/C18H34O4/c1-5-6-7-11-17(3,21)13-9-14-18(4,22)12-8-10-15(2)16(19)20/h5-6,15,21-22H,7-14H2,1-4H3,(H,19,20)/p-1/b6-5-. The third-order valence-electron chi connectivity index (χ3n) is 4.27. The van der Waals surface area contributed by atoms with Crippen LogP contribution in [0, 0.1) is 5.92 Å². The first-order valence-electron chi connectivity index (χ1n) is 8.36. The average molecular weight is 313 g/mol. The summed E-state index contributed by atoms with van der Waals surface area (Å²) in [5.74, 6) is -1.50. The molecule has 130 valence electrons. The highest BCUT2D eigenvalue weighted by Crippen LogP contribution is 2.26.